The Morgan fingerprint density at radius 1 is 1.48 bits per heavy atom. The Kier molecular flexibility index (Phi) is 3.11. The molecule has 0 radical (unpaired) electrons. The molecular weight excluding hydrogens is 308 g/mol. The normalized spacial score (nSPS) is 23.8. The van der Waals surface area contributed by atoms with Crippen molar-refractivity contribution in [3.05, 3.63) is 24.3 Å². The topological polar surface area (TPSA) is 59.5 Å². The van der Waals surface area contributed by atoms with Crippen LogP contribution in [-0.4, -0.2) is 46.2 Å². The van der Waals surface area contributed by atoms with E-state index < -0.39 is 0 Å². The number of thioether (sulfide) groups is 1. The van der Waals surface area contributed by atoms with E-state index in [0.29, 0.717) is 18.7 Å². The Hall–Kier alpha value is -1.60. The highest BCUT2D eigenvalue weighted by Crippen LogP contribution is 2.32. The molecule has 4 rings (SSSR count). The molecule has 2 aliphatic heterocycles. The van der Waals surface area contributed by atoms with Gasteiger partial charge in [0.05, 0.1) is 22.5 Å². The van der Waals surface area contributed by atoms with Gasteiger partial charge in [-0.25, -0.2) is 9.78 Å². The van der Waals surface area contributed by atoms with Crippen LogP contribution in [0.3, 0.4) is 0 Å². The minimum atomic E-state index is -0.363. The van der Waals surface area contributed by atoms with Crippen molar-refractivity contribution in [2.75, 3.05) is 12.3 Å². The van der Waals surface area contributed by atoms with E-state index in [0.717, 1.165) is 14.6 Å². The first kappa shape index (κ1) is 13.1. The Labute approximate surface area is 129 Å². The highest BCUT2D eigenvalue weighted by atomic mass is 32.2. The average molecular weight is 320 g/mol. The lowest BCUT2D eigenvalue weighted by Crippen LogP contribution is -2.45. The molecule has 5 nitrogen and oxygen atoms in total. The molecule has 2 saturated heterocycles. The second kappa shape index (κ2) is 4.99. The summed E-state index contributed by atoms with van der Waals surface area (Å²) in [7, 11) is 0. The van der Waals surface area contributed by atoms with Gasteiger partial charge in [0.1, 0.15) is 12.1 Å². The number of ether oxygens (including phenoxy) is 1. The zero-order valence-electron chi connectivity index (χ0n) is 11.0. The second-order valence-electron chi connectivity index (χ2n) is 5.09. The molecule has 108 valence electrons. The predicted molar refractivity (Wildman–Crippen MR) is 80.3 cm³/mol. The fourth-order valence-corrected chi connectivity index (χ4v) is 4.70. The van der Waals surface area contributed by atoms with Gasteiger partial charge in [-0.2, -0.15) is 0 Å². The van der Waals surface area contributed by atoms with Gasteiger partial charge in [-0.3, -0.25) is 4.79 Å². The molecule has 2 atom stereocenters. The maximum absolute atomic E-state index is 12.2. The van der Waals surface area contributed by atoms with Gasteiger partial charge in [-0.05, 0) is 12.1 Å². The number of rotatable bonds is 3. The summed E-state index contributed by atoms with van der Waals surface area (Å²) in [6.45, 7) is 0.537. The Morgan fingerprint density at radius 3 is 3.10 bits per heavy atom. The summed E-state index contributed by atoms with van der Waals surface area (Å²) in [5, 5.41) is 0. The highest BCUT2D eigenvalue weighted by Gasteiger charge is 2.48. The van der Waals surface area contributed by atoms with E-state index in [1.807, 2.05) is 24.3 Å². The summed E-state index contributed by atoms with van der Waals surface area (Å²) < 4.78 is 7.10. The molecule has 0 saturated carbocycles. The van der Waals surface area contributed by atoms with Gasteiger partial charge in [-0.1, -0.05) is 23.9 Å². The summed E-state index contributed by atoms with van der Waals surface area (Å²) in [6, 6.07) is 7.56. The quantitative estimate of drug-likeness (QED) is 0.639. The van der Waals surface area contributed by atoms with Crippen LogP contribution < -0.4 is 0 Å². The first-order valence-corrected chi connectivity index (χ1v) is 8.49. The molecule has 0 unspecified atom stereocenters. The number of nitrogens with zero attached hydrogens (tertiary/aromatic N) is 2. The van der Waals surface area contributed by atoms with Crippen LogP contribution in [0.1, 0.15) is 6.42 Å². The monoisotopic (exact) mass is 320 g/mol. The van der Waals surface area contributed by atoms with Crippen molar-refractivity contribution in [3.63, 3.8) is 0 Å². The highest BCUT2D eigenvalue weighted by molar-refractivity contribution is 8.01. The van der Waals surface area contributed by atoms with Crippen molar-refractivity contribution in [3.8, 4) is 0 Å². The molecule has 2 aromatic rings. The molecule has 0 N–H and O–H groups in total. The number of hydrogen-bond acceptors (Lipinski definition) is 6. The molecule has 0 aliphatic carbocycles. The summed E-state index contributed by atoms with van der Waals surface area (Å²) in [5.74, 6) is 0.0454. The number of carbonyl (C=O) groups excluding carboxylic acids is 2. The molecule has 2 aliphatic rings. The SMILES string of the molecule is O=C1O[C@H]2C[C@H]1N(C(=O)CSc1nc3ccccc3s1)C2. The van der Waals surface area contributed by atoms with Gasteiger partial charge in [0.25, 0.3) is 0 Å². The first-order valence-electron chi connectivity index (χ1n) is 6.69. The lowest BCUT2D eigenvalue weighted by molar-refractivity contribution is -0.156. The predicted octanol–water partition coefficient (Wildman–Crippen LogP) is 1.91. The van der Waals surface area contributed by atoms with Crippen LogP contribution in [0.25, 0.3) is 10.2 Å². The molecule has 1 amide bonds. The molecule has 3 heterocycles. The Morgan fingerprint density at radius 2 is 2.33 bits per heavy atom. The third-order valence-electron chi connectivity index (χ3n) is 3.73. The van der Waals surface area contributed by atoms with Crippen LogP contribution in [-0.2, 0) is 14.3 Å². The largest absolute Gasteiger partial charge is 0.459 e. The molecule has 2 bridgehead atoms. The van der Waals surface area contributed by atoms with Crippen LogP contribution in [0, 0.1) is 0 Å². The van der Waals surface area contributed by atoms with Crippen LogP contribution in [0.5, 0.6) is 0 Å². The fourth-order valence-electron chi connectivity index (χ4n) is 2.74. The third-order valence-corrected chi connectivity index (χ3v) is 5.90. The third kappa shape index (κ3) is 2.30. The number of hydrogen-bond donors (Lipinski definition) is 0. The van der Waals surface area contributed by atoms with Crippen molar-refractivity contribution >= 4 is 45.2 Å². The number of aromatic nitrogens is 1. The van der Waals surface area contributed by atoms with Crippen molar-refractivity contribution in [1.29, 1.82) is 0 Å². The number of benzene rings is 1. The van der Waals surface area contributed by atoms with Crippen molar-refractivity contribution in [2.45, 2.75) is 22.9 Å². The summed E-state index contributed by atoms with van der Waals surface area (Å²) in [5.41, 5.74) is 0.959. The maximum atomic E-state index is 12.2. The van der Waals surface area contributed by atoms with Gasteiger partial charge < -0.3 is 9.64 Å². The van der Waals surface area contributed by atoms with Crippen molar-refractivity contribution in [1.82, 2.24) is 9.88 Å². The van der Waals surface area contributed by atoms with Crippen LogP contribution in [0.2, 0.25) is 0 Å². The van der Waals surface area contributed by atoms with Gasteiger partial charge in [0.15, 0.2) is 4.34 Å². The number of para-hydroxylation sites is 1. The first-order chi connectivity index (χ1) is 10.2. The van der Waals surface area contributed by atoms with E-state index in [2.05, 4.69) is 4.98 Å². The number of carbonyl (C=O) groups is 2. The van der Waals surface area contributed by atoms with E-state index in [1.54, 1.807) is 16.2 Å². The van der Waals surface area contributed by atoms with Gasteiger partial charge in [0, 0.05) is 6.42 Å². The second-order valence-corrected chi connectivity index (χ2v) is 7.35. The minimum absolute atomic E-state index is 0.0107. The summed E-state index contributed by atoms with van der Waals surface area (Å²) >= 11 is 3.02. The molecular formula is C14H12N2O3S2. The average Bonchev–Trinajstić information content (AvgIpc) is 3.16. The number of morpholine rings is 1. The molecule has 0 spiro atoms. The van der Waals surface area contributed by atoms with Gasteiger partial charge >= 0.3 is 5.97 Å². The number of likely N-dealkylation sites (tertiary alicyclic amines) is 1. The lowest BCUT2D eigenvalue weighted by Gasteiger charge is -2.25. The molecule has 21 heavy (non-hydrogen) atoms. The smallest absolute Gasteiger partial charge is 0.329 e. The Balaban J connectivity index is 1.42. The van der Waals surface area contributed by atoms with Gasteiger partial charge in [0.2, 0.25) is 5.91 Å². The zero-order chi connectivity index (χ0) is 14.4. The molecule has 1 aromatic carbocycles. The maximum Gasteiger partial charge on any atom is 0.329 e. The fraction of sp³-hybridized carbons (Fsp3) is 0.357. The van der Waals surface area contributed by atoms with Crippen molar-refractivity contribution in [2.24, 2.45) is 0 Å². The van der Waals surface area contributed by atoms with Crippen LogP contribution >= 0.6 is 23.1 Å². The standard InChI is InChI=1S/C14H12N2O3S2/c17-12(16-6-8-5-10(16)13(18)19-8)7-20-14-15-9-3-1-2-4-11(9)21-14/h1-4,8,10H,5-7H2/t8-,10+/m0/s1. The van der Waals surface area contributed by atoms with E-state index in [-0.39, 0.29) is 24.0 Å². The molecule has 2 fully saturated rings. The lowest BCUT2D eigenvalue weighted by atomic mass is 10.2. The molecule has 1 aromatic heterocycles. The van der Waals surface area contributed by atoms with E-state index >= 15 is 0 Å². The van der Waals surface area contributed by atoms with Crippen LogP contribution in [0.4, 0.5) is 0 Å². The van der Waals surface area contributed by atoms with E-state index in [4.69, 9.17) is 4.74 Å². The summed E-state index contributed by atoms with van der Waals surface area (Å²) in [4.78, 5) is 29.9. The van der Waals surface area contributed by atoms with Crippen molar-refractivity contribution < 1.29 is 14.3 Å². The number of fused-ring (bicyclic) bond motifs is 3. The number of esters is 1. The number of amides is 1. The zero-order valence-corrected chi connectivity index (χ0v) is 12.7. The Bertz CT molecular complexity index is 697. The van der Waals surface area contributed by atoms with E-state index in [1.165, 1.54) is 11.8 Å². The molecule has 7 heteroatoms. The van der Waals surface area contributed by atoms with Gasteiger partial charge in [-0.15, -0.1) is 11.3 Å². The summed E-state index contributed by atoms with van der Waals surface area (Å²) in [6.07, 6.45) is 0.551. The van der Waals surface area contributed by atoms with E-state index in [9.17, 15) is 9.59 Å². The number of thiazole rings is 1. The van der Waals surface area contributed by atoms with Crippen LogP contribution in [0.15, 0.2) is 28.6 Å². The minimum Gasteiger partial charge on any atom is -0.459 e.